The average molecular weight is 464 g/mol. The maximum absolute atomic E-state index is 11.6. The molecule has 0 unspecified atom stereocenters. The largest absolute Gasteiger partial charge is 0.481 e. The Bertz CT molecular complexity index is 506. The van der Waals surface area contributed by atoms with Crippen molar-refractivity contribution in [2.24, 2.45) is 5.73 Å². The number of ether oxygens (including phenoxy) is 2. The summed E-state index contributed by atoms with van der Waals surface area (Å²) in [6.45, 7) is 9.67. The normalized spacial score (nSPS) is 17.2. The fourth-order valence-electron chi connectivity index (χ4n) is 2.51. The van der Waals surface area contributed by atoms with E-state index in [1.54, 1.807) is 0 Å². The number of likely N-dealkylation sites (N-methyl/N-ethyl adjacent to an activating group) is 2. The number of aliphatic carboxylic acids is 1. The number of carbonyl (C=O) groups is 4. The fourth-order valence-corrected chi connectivity index (χ4v) is 2.51. The predicted octanol–water partition coefficient (Wildman–Crippen LogP) is -1.60. The van der Waals surface area contributed by atoms with Gasteiger partial charge in [-0.3, -0.25) is 29.0 Å². The number of nitrogens with two attached hydrogens (primary N) is 1. The topological polar surface area (TPSA) is 146 Å². The van der Waals surface area contributed by atoms with E-state index in [1.807, 2.05) is 0 Å². The van der Waals surface area contributed by atoms with E-state index in [0.717, 1.165) is 46.2 Å². The summed E-state index contributed by atoms with van der Waals surface area (Å²) in [5.74, 6) is -1.63. The molecule has 0 aromatic heterocycles. The molecular formula is C20H41N5O7. The SMILES string of the molecule is CC(=O)O.CC(N)=O.COC(=O)CN1CCN(C)CCN(C)CCN(CC(=O)OC)CC1. The molecule has 0 radical (unpaired) electrons. The first-order valence-corrected chi connectivity index (χ1v) is 10.3. The Balaban J connectivity index is 0. The van der Waals surface area contributed by atoms with Crippen LogP contribution in [0, 0.1) is 0 Å². The highest BCUT2D eigenvalue weighted by atomic mass is 16.5. The van der Waals surface area contributed by atoms with Crippen molar-refractivity contribution < 1.29 is 33.8 Å². The third kappa shape index (κ3) is 22.4. The molecule has 1 rings (SSSR count). The van der Waals surface area contributed by atoms with E-state index < -0.39 is 5.97 Å². The minimum Gasteiger partial charge on any atom is -0.481 e. The molecule has 1 aliphatic heterocycles. The Morgan fingerprint density at radius 2 is 0.938 bits per heavy atom. The van der Waals surface area contributed by atoms with Crippen molar-refractivity contribution in [3.8, 4) is 0 Å². The summed E-state index contributed by atoms with van der Waals surface area (Å²) in [4.78, 5) is 50.2. The summed E-state index contributed by atoms with van der Waals surface area (Å²) >= 11 is 0. The van der Waals surface area contributed by atoms with E-state index in [-0.39, 0.29) is 30.9 Å². The van der Waals surface area contributed by atoms with Crippen LogP contribution in [0.4, 0.5) is 0 Å². The highest BCUT2D eigenvalue weighted by Crippen LogP contribution is 1.99. The van der Waals surface area contributed by atoms with Crippen molar-refractivity contribution in [3.05, 3.63) is 0 Å². The minimum atomic E-state index is -0.833. The van der Waals surface area contributed by atoms with Gasteiger partial charge in [-0.25, -0.2) is 0 Å². The second-order valence-corrected chi connectivity index (χ2v) is 7.44. The lowest BCUT2D eigenvalue weighted by Crippen LogP contribution is -2.46. The summed E-state index contributed by atoms with van der Waals surface area (Å²) < 4.78 is 9.57. The molecule has 1 aliphatic rings. The van der Waals surface area contributed by atoms with E-state index in [0.29, 0.717) is 13.1 Å². The van der Waals surface area contributed by atoms with Crippen molar-refractivity contribution >= 4 is 23.8 Å². The maximum Gasteiger partial charge on any atom is 0.319 e. The van der Waals surface area contributed by atoms with Crippen LogP contribution < -0.4 is 5.73 Å². The van der Waals surface area contributed by atoms with Crippen molar-refractivity contribution in [2.75, 3.05) is 93.8 Å². The molecule has 0 saturated carbocycles. The molecule has 0 aliphatic carbocycles. The van der Waals surface area contributed by atoms with Gasteiger partial charge in [0.1, 0.15) is 0 Å². The predicted molar refractivity (Wildman–Crippen MR) is 120 cm³/mol. The van der Waals surface area contributed by atoms with Crippen LogP contribution in [-0.2, 0) is 28.7 Å². The molecule has 0 aromatic rings. The van der Waals surface area contributed by atoms with Gasteiger partial charge in [0.25, 0.3) is 5.97 Å². The van der Waals surface area contributed by atoms with Crippen LogP contribution in [0.2, 0.25) is 0 Å². The molecule has 188 valence electrons. The molecule has 1 heterocycles. The first-order chi connectivity index (χ1) is 14.9. The number of carbonyl (C=O) groups excluding carboxylic acids is 3. The van der Waals surface area contributed by atoms with Gasteiger partial charge in [-0.15, -0.1) is 0 Å². The third-order valence-corrected chi connectivity index (χ3v) is 4.35. The van der Waals surface area contributed by atoms with Crippen LogP contribution in [0.1, 0.15) is 13.8 Å². The number of hydrogen-bond donors (Lipinski definition) is 2. The van der Waals surface area contributed by atoms with Gasteiger partial charge in [-0.05, 0) is 14.1 Å². The first kappa shape index (κ1) is 31.9. The van der Waals surface area contributed by atoms with Crippen LogP contribution in [0.25, 0.3) is 0 Å². The molecule has 0 spiro atoms. The lowest BCUT2D eigenvalue weighted by atomic mass is 10.3. The zero-order chi connectivity index (χ0) is 25.1. The fraction of sp³-hybridized carbons (Fsp3) is 0.800. The Hall–Kier alpha value is -2.28. The molecule has 0 aromatic carbocycles. The van der Waals surface area contributed by atoms with Gasteiger partial charge in [-0.2, -0.15) is 0 Å². The van der Waals surface area contributed by atoms with E-state index in [1.165, 1.54) is 21.1 Å². The second kappa shape index (κ2) is 19.4. The Morgan fingerprint density at radius 3 is 1.19 bits per heavy atom. The van der Waals surface area contributed by atoms with Crippen LogP contribution >= 0.6 is 0 Å². The number of hydrogen-bond acceptors (Lipinski definition) is 10. The number of methoxy groups -OCH3 is 2. The van der Waals surface area contributed by atoms with Gasteiger partial charge in [0.2, 0.25) is 5.91 Å². The molecule has 32 heavy (non-hydrogen) atoms. The molecular weight excluding hydrogens is 422 g/mol. The van der Waals surface area contributed by atoms with Crippen LogP contribution in [0.15, 0.2) is 0 Å². The van der Waals surface area contributed by atoms with Crippen molar-refractivity contribution in [2.45, 2.75) is 13.8 Å². The van der Waals surface area contributed by atoms with Crippen molar-refractivity contribution in [3.63, 3.8) is 0 Å². The van der Waals surface area contributed by atoms with Gasteiger partial charge in [0, 0.05) is 66.2 Å². The number of amides is 1. The Kier molecular flexibility index (Phi) is 19.3. The number of esters is 2. The van der Waals surface area contributed by atoms with Gasteiger partial charge in [0.05, 0.1) is 27.3 Å². The summed E-state index contributed by atoms with van der Waals surface area (Å²) in [6, 6.07) is 0. The first-order valence-electron chi connectivity index (χ1n) is 10.3. The molecule has 1 amide bonds. The van der Waals surface area contributed by atoms with E-state index in [4.69, 9.17) is 19.4 Å². The standard InChI is InChI=1S/C16H32N4O4.C2H5NO.C2H4O2/c1-17-5-6-18(2)8-10-20(14-16(22)24-4)12-11-19(9-7-17)13-15(21)23-3;2*1-2(3)4/h5-14H2,1-4H3;1H3,(H2,3,4);1H3,(H,3,4). The summed E-state index contributed by atoms with van der Waals surface area (Å²) in [6.07, 6.45) is 0. The van der Waals surface area contributed by atoms with Crippen LogP contribution in [0.5, 0.6) is 0 Å². The number of carboxylic acids is 1. The monoisotopic (exact) mass is 463 g/mol. The van der Waals surface area contributed by atoms with Crippen LogP contribution in [-0.4, -0.2) is 142 Å². The van der Waals surface area contributed by atoms with Gasteiger partial charge in [0.15, 0.2) is 0 Å². The highest BCUT2D eigenvalue weighted by Gasteiger charge is 2.17. The molecule has 12 heteroatoms. The lowest BCUT2D eigenvalue weighted by molar-refractivity contribution is -0.143. The zero-order valence-corrected chi connectivity index (χ0v) is 20.3. The van der Waals surface area contributed by atoms with Crippen molar-refractivity contribution in [1.82, 2.24) is 19.6 Å². The molecule has 1 saturated heterocycles. The molecule has 1 fully saturated rings. The summed E-state index contributed by atoms with van der Waals surface area (Å²) in [7, 11) is 7.01. The molecule has 0 bridgehead atoms. The van der Waals surface area contributed by atoms with Crippen LogP contribution in [0.3, 0.4) is 0 Å². The summed E-state index contributed by atoms with van der Waals surface area (Å²) in [5, 5.41) is 7.42. The number of nitrogens with zero attached hydrogens (tertiary/aromatic N) is 4. The van der Waals surface area contributed by atoms with E-state index in [9.17, 15) is 14.4 Å². The summed E-state index contributed by atoms with van der Waals surface area (Å²) in [5.41, 5.74) is 4.47. The average Bonchev–Trinajstić information content (AvgIpc) is 2.69. The molecule has 12 nitrogen and oxygen atoms in total. The molecule has 3 N–H and O–H groups in total. The Morgan fingerprint density at radius 1 is 0.719 bits per heavy atom. The van der Waals surface area contributed by atoms with Gasteiger partial charge < -0.3 is 30.1 Å². The smallest absolute Gasteiger partial charge is 0.319 e. The van der Waals surface area contributed by atoms with E-state index >= 15 is 0 Å². The zero-order valence-electron chi connectivity index (χ0n) is 20.3. The van der Waals surface area contributed by atoms with Crippen molar-refractivity contribution in [1.29, 1.82) is 0 Å². The number of carboxylic acid groups (broad SMARTS) is 1. The molecule has 0 atom stereocenters. The minimum absolute atomic E-state index is 0.232. The van der Waals surface area contributed by atoms with Gasteiger partial charge >= 0.3 is 11.9 Å². The lowest BCUT2D eigenvalue weighted by Gasteiger charge is -2.31. The third-order valence-electron chi connectivity index (χ3n) is 4.35. The van der Waals surface area contributed by atoms with E-state index in [2.05, 4.69) is 39.4 Å². The maximum atomic E-state index is 11.6. The second-order valence-electron chi connectivity index (χ2n) is 7.44. The number of rotatable bonds is 4. The van der Waals surface area contributed by atoms with Gasteiger partial charge in [-0.1, -0.05) is 0 Å². The number of primary amides is 1. The Labute approximate surface area is 191 Å². The quantitative estimate of drug-likeness (QED) is 0.465. The highest BCUT2D eigenvalue weighted by molar-refractivity contribution is 5.72.